The number of hydrogen-bond donors (Lipinski definition) is 0. The number of ether oxygens (including phenoxy) is 2. The lowest BCUT2D eigenvalue weighted by Crippen LogP contribution is -2.37. The smallest absolute Gasteiger partial charge is 0.437 e. The number of allylic oxidation sites excluding steroid dienone is 2. The number of sulfone groups is 1. The number of benzene rings is 3. The molecular weight excluding hydrogens is 603 g/mol. The fraction of sp³-hybridized carbons (Fsp3) is 0.172. The molecule has 0 radical (unpaired) electrons. The molecule has 226 valence electrons. The molecule has 0 spiro atoms. The number of carbonyl (C=O) groups excluding carboxylic acids is 1. The van der Waals surface area contributed by atoms with Crippen molar-refractivity contribution in [3.05, 3.63) is 111 Å². The molecule has 44 heavy (non-hydrogen) atoms. The van der Waals surface area contributed by atoms with Gasteiger partial charge < -0.3 is 9.47 Å². The minimum Gasteiger partial charge on any atom is -0.437 e. The highest BCUT2D eigenvalue weighted by molar-refractivity contribution is 7.90. The molecule has 4 aromatic rings. The van der Waals surface area contributed by atoms with Crippen molar-refractivity contribution in [2.45, 2.75) is 24.0 Å². The van der Waals surface area contributed by atoms with Gasteiger partial charge in [-0.05, 0) is 67.1 Å². The van der Waals surface area contributed by atoms with Gasteiger partial charge in [0.1, 0.15) is 6.04 Å². The van der Waals surface area contributed by atoms with Gasteiger partial charge in [0.05, 0.1) is 40.6 Å². The van der Waals surface area contributed by atoms with E-state index in [4.69, 9.17) is 9.47 Å². The quantitative estimate of drug-likeness (QED) is 0.278. The second kappa shape index (κ2) is 11.0. The number of carbonyl (C=O) groups is 1. The van der Waals surface area contributed by atoms with Gasteiger partial charge in [-0.15, -0.1) is 5.10 Å². The fourth-order valence-electron chi connectivity index (χ4n) is 4.76. The molecule has 3 aromatic carbocycles. The summed E-state index contributed by atoms with van der Waals surface area (Å²) in [7, 11) is -2.49. The molecule has 0 fully saturated rings. The van der Waals surface area contributed by atoms with Gasteiger partial charge in [-0.1, -0.05) is 18.2 Å². The summed E-state index contributed by atoms with van der Waals surface area (Å²) in [5.74, 6) is -0.286. The van der Waals surface area contributed by atoms with Crippen LogP contribution in [0, 0.1) is 11.3 Å². The Bertz CT molecular complexity index is 2010. The molecule has 1 aromatic heterocycles. The predicted molar refractivity (Wildman–Crippen MR) is 150 cm³/mol. The summed E-state index contributed by atoms with van der Waals surface area (Å²) in [6.45, 7) is 1.48. The van der Waals surface area contributed by atoms with Gasteiger partial charge in [-0.3, -0.25) is 4.90 Å². The SMILES string of the molecule is COC(=O)OC1=C(C)N(c2cccc(C(F)(F)F)c2)c2nn(-c3ccc(S(C)(=O)=O)cc3)c(=O)n2C1c1ccc(C#N)cc1. The molecular formula is C29H22F3N5O6S. The molecule has 1 aliphatic heterocycles. The van der Waals surface area contributed by atoms with E-state index in [9.17, 15) is 36.4 Å². The Morgan fingerprint density at radius 1 is 1.02 bits per heavy atom. The molecule has 0 saturated carbocycles. The number of hydrogen-bond acceptors (Lipinski definition) is 9. The predicted octanol–water partition coefficient (Wildman–Crippen LogP) is 5.08. The third-order valence-electron chi connectivity index (χ3n) is 6.85. The van der Waals surface area contributed by atoms with E-state index in [1.165, 1.54) is 72.5 Å². The zero-order chi connectivity index (χ0) is 32.0. The van der Waals surface area contributed by atoms with E-state index in [1.54, 1.807) is 0 Å². The van der Waals surface area contributed by atoms with Crippen molar-refractivity contribution in [1.82, 2.24) is 14.3 Å². The molecule has 0 saturated heterocycles. The van der Waals surface area contributed by atoms with Crippen LogP contribution in [0.25, 0.3) is 5.69 Å². The van der Waals surface area contributed by atoms with E-state index in [0.717, 1.165) is 34.7 Å². The van der Waals surface area contributed by atoms with Crippen LogP contribution in [0.15, 0.2) is 93.9 Å². The summed E-state index contributed by atoms with van der Waals surface area (Å²) >= 11 is 0. The van der Waals surface area contributed by atoms with Crippen molar-refractivity contribution >= 4 is 27.6 Å². The lowest BCUT2D eigenvalue weighted by Gasteiger charge is -2.35. The van der Waals surface area contributed by atoms with Crippen LogP contribution in [0.1, 0.15) is 29.7 Å². The minimum atomic E-state index is -4.69. The van der Waals surface area contributed by atoms with Crippen LogP contribution in [0.5, 0.6) is 0 Å². The van der Waals surface area contributed by atoms with Crippen molar-refractivity contribution in [1.29, 1.82) is 5.26 Å². The van der Waals surface area contributed by atoms with Crippen molar-refractivity contribution in [2.75, 3.05) is 18.3 Å². The van der Waals surface area contributed by atoms with E-state index in [0.29, 0.717) is 11.1 Å². The number of alkyl halides is 3. The number of rotatable bonds is 5. The molecule has 5 rings (SSSR count). The molecule has 1 unspecified atom stereocenters. The number of anilines is 2. The second-order valence-corrected chi connectivity index (χ2v) is 11.7. The summed E-state index contributed by atoms with van der Waals surface area (Å²) in [5, 5.41) is 13.7. The Morgan fingerprint density at radius 2 is 1.68 bits per heavy atom. The monoisotopic (exact) mass is 625 g/mol. The number of nitrogens with zero attached hydrogens (tertiary/aromatic N) is 5. The van der Waals surface area contributed by atoms with Crippen LogP contribution < -0.4 is 10.6 Å². The zero-order valence-electron chi connectivity index (χ0n) is 23.2. The first-order valence-corrected chi connectivity index (χ1v) is 14.6. The van der Waals surface area contributed by atoms with Crippen molar-refractivity contribution < 1.29 is 35.9 Å². The van der Waals surface area contributed by atoms with Gasteiger partial charge in [0, 0.05) is 11.9 Å². The molecule has 0 aliphatic carbocycles. The zero-order valence-corrected chi connectivity index (χ0v) is 24.0. The largest absolute Gasteiger partial charge is 0.513 e. The van der Waals surface area contributed by atoms with Crippen LogP contribution in [-0.4, -0.2) is 42.3 Å². The van der Waals surface area contributed by atoms with E-state index in [-0.39, 0.29) is 33.7 Å². The summed E-state index contributed by atoms with van der Waals surface area (Å²) in [6.07, 6.45) is -4.82. The normalized spacial score (nSPS) is 15.0. The van der Waals surface area contributed by atoms with E-state index in [2.05, 4.69) is 5.10 Å². The van der Waals surface area contributed by atoms with Crippen LogP contribution >= 0.6 is 0 Å². The first-order valence-electron chi connectivity index (χ1n) is 12.7. The van der Waals surface area contributed by atoms with Gasteiger partial charge in [-0.25, -0.2) is 22.6 Å². The molecule has 0 N–H and O–H groups in total. The van der Waals surface area contributed by atoms with Crippen molar-refractivity contribution in [3.8, 4) is 11.8 Å². The molecule has 0 bridgehead atoms. The Kier molecular flexibility index (Phi) is 7.56. The summed E-state index contributed by atoms with van der Waals surface area (Å²) in [4.78, 5) is 27.8. The van der Waals surface area contributed by atoms with Gasteiger partial charge in [0.2, 0.25) is 5.95 Å². The highest BCUT2D eigenvalue weighted by Gasteiger charge is 2.40. The van der Waals surface area contributed by atoms with Gasteiger partial charge in [0.15, 0.2) is 15.6 Å². The maximum atomic E-state index is 14.1. The highest BCUT2D eigenvalue weighted by atomic mass is 32.2. The highest BCUT2D eigenvalue weighted by Crippen LogP contribution is 2.43. The van der Waals surface area contributed by atoms with Crippen LogP contribution in [0.4, 0.5) is 29.6 Å². The molecule has 1 aliphatic rings. The number of halogens is 3. The molecule has 11 nitrogen and oxygen atoms in total. The summed E-state index contributed by atoms with van der Waals surface area (Å²) in [6, 6.07) is 16.4. The molecule has 0 amide bonds. The lowest BCUT2D eigenvalue weighted by atomic mass is 10.00. The maximum Gasteiger partial charge on any atom is 0.513 e. The first-order chi connectivity index (χ1) is 20.7. The summed E-state index contributed by atoms with van der Waals surface area (Å²) in [5.41, 5.74) is -0.871. The fourth-order valence-corrected chi connectivity index (χ4v) is 5.39. The van der Waals surface area contributed by atoms with Gasteiger partial charge >= 0.3 is 18.0 Å². The van der Waals surface area contributed by atoms with Crippen LogP contribution in [-0.2, 0) is 25.5 Å². The number of fused-ring (bicyclic) bond motifs is 1. The number of aromatic nitrogens is 3. The van der Waals surface area contributed by atoms with Crippen molar-refractivity contribution in [3.63, 3.8) is 0 Å². The first kappa shape index (κ1) is 30.1. The third-order valence-corrected chi connectivity index (χ3v) is 7.98. The number of nitriles is 1. The van der Waals surface area contributed by atoms with Gasteiger partial charge in [0.25, 0.3) is 0 Å². The van der Waals surface area contributed by atoms with E-state index >= 15 is 0 Å². The number of methoxy groups -OCH3 is 1. The van der Waals surface area contributed by atoms with Crippen LogP contribution in [0.2, 0.25) is 0 Å². The lowest BCUT2D eigenvalue weighted by molar-refractivity contribution is -0.137. The van der Waals surface area contributed by atoms with E-state index in [1.807, 2.05) is 6.07 Å². The third kappa shape index (κ3) is 5.42. The maximum absolute atomic E-state index is 14.1. The molecule has 15 heteroatoms. The van der Waals surface area contributed by atoms with Crippen molar-refractivity contribution in [2.24, 2.45) is 0 Å². The standard InChI is InChI=1S/C29H22F3N5O6S/c1-17-25(43-28(39)42-2)24(19-9-7-18(16-33)8-10-19)36-26(35(17)22-6-4-5-20(15-22)29(30,31)32)34-37(27(36)38)21-11-13-23(14-12-21)44(3,40)41/h4-15,24H,1-3H3. The Labute approximate surface area is 248 Å². The molecule has 1 atom stereocenters. The average Bonchev–Trinajstić information content (AvgIpc) is 3.32. The van der Waals surface area contributed by atoms with Crippen LogP contribution in [0.3, 0.4) is 0 Å². The van der Waals surface area contributed by atoms with Gasteiger partial charge in [-0.2, -0.15) is 23.1 Å². The van der Waals surface area contributed by atoms with E-state index < -0.39 is 39.5 Å². The Morgan fingerprint density at radius 3 is 2.25 bits per heavy atom. The molecule has 2 heterocycles. The topological polar surface area (TPSA) is 137 Å². The minimum absolute atomic E-state index is 0.00871. The summed E-state index contributed by atoms with van der Waals surface area (Å²) < 4.78 is 77.4. The Hall–Kier alpha value is -5.36. The average molecular weight is 626 g/mol. The Balaban J connectivity index is 1.82. The second-order valence-electron chi connectivity index (χ2n) is 9.66.